The van der Waals surface area contributed by atoms with E-state index >= 15 is 0 Å². The quantitative estimate of drug-likeness (QED) is 0.496. The van der Waals surface area contributed by atoms with Crippen LogP contribution in [0.4, 0.5) is 5.69 Å². The monoisotopic (exact) mass is 444 g/mol. The molecule has 32 heavy (non-hydrogen) atoms. The van der Waals surface area contributed by atoms with Crippen LogP contribution < -0.4 is 5.32 Å². The number of anilines is 1. The minimum atomic E-state index is -0.319. The van der Waals surface area contributed by atoms with Crippen molar-refractivity contribution in [3.05, 3.63) is 105 Å². The summed E-state index contributed by atoms with van der Waals surface area (Å²) in [5.41, 5.74) is 6.12. The zero-order valence-electron chi connectivity index (χ0n) is 18.4. The largest absolute Gasteiger partial charge is 0.350 e. The average molecular weight is 445 g/mol. The summed E-state index contributed by atoms with van der Waals surface area (Å²) in [6.45, 7) is 6.17. The summed E-state index contributed by atoms with van der Waals surface area (Å²) in [6.07, 6.45) is 0.599. The lowest BCUT2D eigenvalue weighted by Crippen LogP contribution is -2.34. The minimum Gasteiger partial charge on any atom is -0.350 e. The van der Waals surface area contributed by atoms with Crippen LogP contribution in [0.1, 0.15) is 27.8 Å². The molecule has 3 aromatic rings. The molecular formula is C27H25ClN2O2. The summed E-state index contributed by atoms with van der Waals surface area (Å²) < 4.78 is 0. The molecule has 1 N–H and O–H groups in total. The van der Waals surface area contributed by atoms with Crippen LogP contribution in [0.2, 0.25) is 5.02 Å². The lowest BCUT2D eigenvalue weighted by atomic mass is 9.97. The number of hydrogen-bond acceptors (Lipinski definition) is 3. The molecule has 0 unspecified atom stereocenters. The van der Waals surface area contributed by atoms with E-state index in [0.29, 0.717) is 34.9 Å². The molecule has 1 aliphatic heterocycles. The Labute approximate surface area is 193 Å². The van der Waals surface area contributed by atoms with Gasteiger partial charge < -0.3 is 5.32 Å². The van der Waals surface area contributed by atoms with Gasteiger partial charge in [-0.1, -0.05) is 71.8 Å². The van der Waals surface area contributed by atoms with Gasteiger partial charge in [0.1, 0.15) is 5.70 Å². The highest BCUT2D eigenvalue weighted by Gasteiger charge is 2.39. The van der Waals surface area contributed by atoms with Crippen LogP contribution >= 0.6 is 11.6 Å². The van der Waals surface area contributed by atoms with Gasteiger partial charge in [-0.3, -0.25) is 14.5 Å². The molecule has 4 rings (SSSR count). The van der Waals surface area contributed by atoms with E-state index in [1.807, 2.05) is 81.4 Å². The molecule has 0 fully saturated rings. The van der Waals surface area contributed by atoms with Crippen LogP contribution in [0.5, 0.6) is 0 Å². The van der Waals surface area contributed by atoms with Gasteiger partial charge in [-0.2, -0.15) is 0 Å². The Morgan fingerprint density at radius 2 is 1.62 bits per heavy atom. The number of halogens is 1. The number of imide groups is 1. The van der Waals surface area contributed by atoms with Gasteiger partial charge in [-0.15, -0.1) is 0 Å². The lowest BCUT2D eigenvalue weighted by molar-refractivity contribution is -0.136. The molecule has 0 saturated carbocycles. The molecule has 0 bridgehead atoms. The Hall–Kier alpha value is -3.37. The van der Waals surface area contributed by atoms with E-state index in [1.165, 1.54) is 4.90 Å². The van der Waals surface area contributed by atoms with Crippen molar-refractivity contribution < 1.29 is 9.59 Å². The lowest BCUT2D eigenvalue weighted by Gasteiger charge is -2.16. The third kappa shape index (κ3) is 4.19. The van der Waals surface area contributed by atoms with Crippen molar-refractivity contribution in [2.45, 2.75) is 27.2 Å². The Morgan fingerprint density at radius 3 is 2.34 bits per heavy atom. The van der Waals surface area contributed by atoms with Crippen molar-refractivity contribution in [2.24, 2.45) is 0 Å². The number of benzene rings is 3. The maximum atomic E-state index is 13.5. The third-order valence-corrected chi connectivity index (χ3v) is 6.22. The van der Waals surface area contributed by atoms with E-state index < -0.39 is 0 Å². The Balaban J connectivity index is 1.74. The van der Waals surface area contributed by atoms with Gasteiger partial charge in [0.2, 0.25) is 0 Å². The first-order chi connectivity index (χ1) is 15.4. The highest BCUT2D eigenvalue weighted by atomic mass is 35.5. The highest BCUT2D eigenvalue weighted by molar-refractivity contribution is 6.37. The molecule has 1 aliphatic rings. The maximum Gasteiger partial charge on any atom is 0.278 e. The fourth-order valence-corrected chi connectivity index (χ4v) is 4.18. The highest BCUT2D eigenvalue weighted by Crippen LogP contribution is 2.34. The van der Waals surface area contributed by atoms with Crippen molar-refractivity contribution in [1.29, 1.82) is 0 Å². The number of carbonyl (C=O) groups is 2. The normalized spacial score (nSPS) is 13.8. The van der Waals surface area contributed by atoms with Gasteiger partial charge >= 0.3 is 0 Å². The predicted molar refractivity (Wildman–Crippen MR) is 130 cm³/mol. The zero-order chi connectivity index (χ0) is 22.8. The van der Waals surface area contributed by atoms with Crippen LogP contribution in [0.25, 0.3) is 5.57 Å². The Kier molecular flexibility index (Phi) is 6.15. The van der Waals surface area contributed by atoms with Crippen LogP contribution in [-0.4, -0.2) is 23.3 Å². The number of rotatable bonds is 6. The summed E-state index contributed by atoms with van der Waals surface area (Å²) in [7, 11) is 0. The van der Waals surface area contributed by atoms with E-state index in [0.717, 1.165) is 27.8 Å². The van der Waals surface area contributed by atoms with Gasteiger partial charge in [-0.05, 0) is 61.6 Å². The van der Waals surface area contributed by atoms with Crippen molar-refractivity contribution in [2.75, 3.05) is 11.9 Å². The number of hydrogen-bond donors (Lipinski definition) is 1. The molecule has 5 heteroatoms. The SMILES string of the molecule is Cc1ccc(C2=C(Nc3cccc(Cl)c3C)C(=O)N(CCc3ccccc3)C2=O)c(C)c1. The number of nitrogens with one attached hydrogen (secondary N) is 1. The second-order valence-corrected chi connectivity index (χ2v) is 8.51. The maximum absolute atomic E-state index is 13.5. The van der Waals surface area contributed by atoms with Gasteiger partial charge in [0.05, 0.1) is 5.57 Å². The summed E-state index contributed by atoms with van der Waals surface area (Å²) in [6, 6.07) is 21.2. The van der Waals surface area contributed by atoms with Crippen LogP contribution in [0.15, 0.2) is 72.4 Å². The number of amides is 2. The number of nitrogens with zero attached hydrogens (tertiary/aromatic N) is 1. The number of aryl methyl sites for hydroxylation is 2. The van der Waals surface area contributed by atoms with Gasteiger partial charge in [-0.25, -0.2) is 0 Å². The smallest absolute Gasteiger partial charge is 0.278 e. The van der Waals surface area contributed by atoms with E-state index in [-0.39, 0.29) is 11.8 Å². The predicted octanol–water partition coefficient (Wildman–Crippen LogP) is 5.70. The first kappa shape index (κ1) is 21.8. The molecule has 162 valence electrons. The van der Waals surface area contributed by atoms with Crippen LogP contribution in [-0.2, 0) is 16.0 Å². The van der Waals surface area contributed by atoms with Crippen molar-refractivity contribution in [1.82, 2.24) is 4.90 Å². The third-order valence-electron chi connectivity index (χ3n) is 5.81. The second-order valence-electron chi connectivity index (χ2n) is 8.10. The molecule has 3 aromatic carbocycles. The average Bonchev–Trinajstić information content (AvgIpc) is 3.00. The van der Waals surface area contributed by atoms with Crippen LogP contribution in [0.3, 0.4) is 0 Å². The first-order valence-corrected chi connectivity index (χ1v) is 11.0. The minimum absolute atomic E-state index is 0.278. The standard InChI is InChI=1S/C27H25ClN2O2/c1-17-12-13-21(18(2)16-17)24-25(29-23-11-7-10-22(28)19(23)3)27(32)30(26(24)31)15-14-20-8-5-4-6-9-20/h4-13,16,29H,14-15H2,1-3H3. The molecule has 0 aliphatic carbocycles. The summed E-state index contributed by atoms with van der Waals surface area (Å²) in [5, 5.41) is 3.83. The topological polar surface area (TPSA) is 49.4 Å². The Bertz CT molecular complexity index is 1230. The summed E-state index contributed by atoms with van der Waals surface area (Å²) >= 11 is 6.29. The summed E-state index contributed by atoms with van der Waals surface area (Å²) in [4.78, 5) is 28.3. The molecular weight excluding hydrogens is 420 g/mol. The van der Waals surface area contributed by atoms with Crippen molar-refractivity contribution in [3.8, 4) is 0 Å². The van der Waals surface area contributed by atoms with Crippen molar-refractivity contribution in [3.63, 3.8) is 0 Å². The van der Waals surface area contributed by atoms with E-state index in [2.05, 4.69) is 5.32 Å². The van der Waals surface area contributed by atoms with E-state index in [4.69, 9.17) is 11.6 Å². The van der Waals surface area contributed by atoms with E-state index in [9.17, 15) is 9.59 Å². The molecule has 0 radical (unpaired) electrons. The second kappa shape index (κ2) is 9.01. The Morgan fingerprint density at radius 1 is 0.875 bits per heavy atom. The van der Waals surface area contributed by atoms with E-state index in [1.54, 1.807) is 6.07 Å². The summed E-state index contributed by atoms with van der Waals surface area (Å²) in [5.74, 6) is -0.597. The molecule has 4 nitrogen and oxygen atoms in total. The number of carbonyl (C=O) groups excluding carboxylic acids is 2. The fourth-order valence-electron chi connectivity index (χ4n) is 4.00. The molecule has 0 saturated heterocycles. The zero-order valence-corrected chi connectivity index (χ0v) is 19.2. The first-order valence-electron chi connectivity index (χ1n) is 10.6. The van der Waals surface area contributed by atoms with Gasteiger partial charge in [0, 0.05) is 17.3 Å². The molecule has 2 amide bonds. The molecule has 1 heterocycles. The van der Waals surface area contributed by atoms with Crippen LogP contribution in [0, 0.1) is 20.8 Å². The van der Waals surface area contributed by atoms with Crippen molar-refractivity contribution >= 4 is 34.7 Å². The fraction of sp³-hybridized carbons (Fsp3) is 0.185. The molecule has 0 spiro atoms. The van der Waals surface area contributed by atoms with Gasteiger partial charge in [0.15, 0.2) is 0 Å². The molecule has 0 aromatic heterocycles. The van der Waals surface area contributed by atoms with Gasteiger partial charge in [0.25, 0.3) is 11.8 Å². The molecule has 0 atom stereocenters.